The van der Waals surface area contributed by atoms with Crippen LogP contribution >= 0.6 is 0 Å². The number of halogens is 5. The highest BCUT2D eigenvalue weighted by Gasteiger charge is 2.59. The predicted molar refractivity (Wildman–Crippen MR) is 127 cm³/mol. The highest BCUT2D eigenvalue weighted by molar-refractivity contribution is 7.91. The van der Waals surface area contributed by atoms with Crippen LogP contribution in [0, 0.1) is 0 Å². The lowest BCUT2D eigenvalue weighted by atomic mass is 10.0. The zero-order valence-electron chi connectivity index (χ0n) is 19.7. The van der Waals surface area contributed by atoms with Crippen LogP contribution in [-0.2, 0) is 22.8 Å². The van der Waals surface area contributed by atoms with E-state index in [1.54, 1.807) is 0 Å². The third-order valence-corrected chi connectivity index (χ3v) is 8.24. The first-order chi connectivity index (χ1) is 17.3. The largest absolute Gasteiger partial charge is 0.458 e. The van der Waals surface area contributed by atoms with Crippen molar-refractivity contribution in [2.24, 2.45) is 7.05 Å². The van der Waals surface area contributed by atoms with Crippen LogP contribution in [0.15, 0.2) is 53.7 Å². The molecule has 0 spiro atoms. The van der Waals surface area contributed by atoms with E-state index in [9.17, 15) is 30.4 Å². The van der Waals surface area contributed by atoms with Crippen LogP contribution in [0.25, 0.3) is 33.8 Å². The first-order valence-electron chi connectivity index (χ1n) is 11.4. The quantitative estimate of drug-likeness (QED) is 0.282. The summed E-state index contributed by atoms with van der Waals surface area (Å²) < 4.78 is 93.7. The molecule has 37 heavy (non-hydrogen) atoms. The predicted octanol–water partition coefficient (Wildman–Crippen LogP) is 6.02. The van der Waals surface area contributed by atoms with Crippen LogP contribution in [0.4, 0.5) is 22.0 Å². The number of rotatable bonds is 6. The number of alkyl halides is 5. The Morgan fingerprint density at radius 2 is 1.65 bits per heavy atom. The molecule has 0 atom stereocenters. The number of benzene rings is 1. The molecule has 1 fully saturated rings. The average Bonchev–Trinajstić information content (AvgIpc) is 3.66. The molecule has 0 saturated heterocycles. The fraction of sp³-hybridized carbons (Fsp3) is 0.320. The first-order valence-corrected chi connectivity index (χ1v) is 13.1. The monoisotopic (exact) mass is 536 g/mol. The van der Waals surface area contributed by atoms with Crippen LogP contribution in [0.5, 0.6) is 0 Å². The Morgan fingerprint density at radius 1 is 0.973 bits per heavy atom. The molecule has 5 rings (SSSR count). The Hall–Kier alpha value is -3.41. The second-order valence-electron chi connectivity index (χ2n) is 9.00. The van der Waals surface area contributed by atoms with E-state index in [0.29, 0.717) is 23.7 Å². The van der Waals surface area contributed by atoms with Gasteiger partial charge < -0.3 is 4.57 Å². The SMILES string of the molecule is CCS(=O)(=O)c1cc(-c2ccc(C3CC3)cc2)cnc1-c1nc2cc(C(F)(F)C(F)(F)F)cnc2n1C. The number of hydrogen-bond donors (Lipinski definition) is 0. The van der Waals surface area contributed by atoms with Gasteiger partial charge in [-0.3, -0.25) is 4.98 Å². The third-order valence-electron chi connectivity index (χ3n) is 6.50. The van der Waals surface area contributed by atoms with Gasteiger partial charge in [0, 0.05) is 25.0 Å². The lowest BCUT2D eigenvalue weighted by Gasteiger charge is -2.19. The van der Waals surface area contributed by atoms with Crippen LogP contribution < -0.4 is 0 Å². The minimum absolute atomic E-state index is 0.00175. The second-order valence-corrected chi connectivity index (χ2v) is 11.3. The van der Waals surface area contributed by atoms with Crippen LogP contribution in [-0.4, -0.2) is 39.9 Å². The summed E-state index contributed by atoms with van der Waals surface area (Å²) in [6.45, 7) is 1.47. The van der Waals surface area contributed by atoms with E-state index in [-0.39, 0.29) is 33.3 Å². The Bertz CT molecular complexity index is 1610. The summed E-state index contributed by atoms with van der Waals surface area (Å²) in [7, 11) is -2.38. The van der Waals surface area contributed by atoms with Gasteiger partial charge in [-0.05, 0) is 42.0 Å². The third kappa shape index (κ3) is 4.36. The number of sulfone groups is 1. The Morgan fingerprint density at radius 3 is 2.24 bits per heavy atom. The molecule has 6 nitrogen and oxygen atoms in total. The number of pyridine rings is 2. The van der Waals surface area contributed by atoms with Gasteiger partial charge in [-0.25, -0.2) is 18.4 Å². The Kier molecular flexibility index (Phi) is 5.85. The molecule has 194 valence electrons. The summed E-state index contributed by atoms with van der Waals surface area (Å²) in [6.07, 6.45) is -1.59. The molecular formula is C25H21F5N4O2S. The summed E-state index contributed by atoms with van der Waals surface area (Å²) >= 11 is 0. The lowest BCUT2D eigenvalue weighted by molar-refractivity contribution is -0.289. The summed E-state index contributed by atoms with van der Waals surface area (Å²) in [4.78, 5) is 12.1. The van der Waals surface area contributed by atoms with Crippen molar-refractivity contribution >= 4 is 21.0 Å². The van der Waals surface area contributed by atoms with Crippen molar-refractivity contribution in [2.75, 3.05) is 5.75 Å². The summed E-state index contributed by atoms with van der Waals surface area (Å²) in [5.41, 5.74) is 0.876. The van der Waals surface area contributed by atoms with E-state index >= 15 is 0 Å². The number of nitrogens with zero attached hydrogens (tertiary/aromatic N) is 4. The van der Waals surface area contributed by atoms with Gasteiger partial charge in [0.25, 0.3) is 0 Å². The van der Waals surface area contributed by atoms with Crippen LogP contribution in [0.3, 0.4) is 0 Å². The molecule has 3 aromatic heterocycles. The molecule has 0 unspecified atom stereocenters. The molecule has 1 saturated carbocycles. The molecule has 4 aromatic rings. The molecule has 12 heteroatoms. The Labute approximate surface area is 209 Å². The van der Waals surface area contributed by atoms with Crippen LogP contribution in [0.2, 0.25) is 0 Å². The number of fused-ring (bicyclic) bond motifs is 1. The molecule has 1 aliphatic rings. The van der Waals surface area contributed by atoms with Gasteiger partial charge in [0.05, 0.1) is 16.2 Å². The van der Waals surface area contributed by atoms with Gasteiger partial charge in [-0.1, -0.05) is 31.2 Å². The van der Waals surface area contributed by atoms with E-state index in [1.807, 2.05) is 24.3 Å². The van der Waals surface area contributed by atoms with Gasteiger partial charge >= 0.3 is 12.1 Å². The minimum Gasteiger partial charge on any atom is -0.310 e. The fourth-order valence-corrected chi connectivity index (χ4v) is 5.21. The van der Waals surface area contributed by atoms with Gasteiger partial charge in [-0.2, -0.15) is 22.0 Å². The van der Waals surface area contributed by atoms with E-state index in [1.165, 1.54) is 36.4 Å². The van der Waals surface area contributed by atoms with E-state index in [4.69, 9.17) is 0 Å². The summed E-state index contributed by atoms with van der Waals surface area (Å²) in [5, 5.41) is 0. The maximum atomic E-state index is 13.9. The van der Waals surface area contributed by atoms with E-state index < -0.39 is 27.5 Å². The van der Waals surface area contributed by atoms with Crippen molar-refractivity contribution in [3.63, 3.8) is 0 Å². The lowest BCUT2D eigenvalue weighted by Crippen LogP contribution is -2.33. The zero-order valence-corrected chi connectivity index (χ0v) is 20.5. The molecule has 0 bridgehead atoms. The number of aromatic nitrogens is 4. The number of hydrogen-bond acceptors (Lipinski definition) is 5. The van der Waals surface area contributed by atoms with E-state index in [2.05, 4.69) is 15.0 Å². The van der Waals surface area contributed by atoms with Gasteiger partial charge in [0.15, 0.2) is 21.3 Å². The number of imidazole rings is 1. The first kappa shape index (κ1) is 25.2. The van der Waals surface area contributed by atoms with Gasteiger partial charge in [0.2, 0.25) is 0 Å². The molecule has 3 heterocycles. The molecule has 0 N–H and O–H groups in total. The van der Waals surface area contributed by atoms with Crippen LogP contribution in [0.1, 0.15) is 36.8 Å². The summed E-state index contributed by atoms with van der Waals surface area (Å²) in [5.74, 6) is -4.83. The minimum atomic E-state index is -5.81. The fourth-order valence-electron chi connectivity index (χ4n) is 4.15. The molecule has 0 amide bonds. The van der Waals surface area contributed by atoms with Crippen molar-refractivity contribution in [3.8, 4) is 22.6 Å². The maximum absolute atomic E-state index is 13.9. The molecular weight excluding hydrogens is 515 g/mol. The molecule has 1 aromatic carbocycles. The average molecular weight is 537 g/mol. The highest BCUT2D eigenvalue weighted by Crippen LogP contribution is 2.44. The van der Waals surface area contributed by atoms with E-state index in [0.717, 1.165) is 18.4 Å². The zero-order chi connectivity index (χ0) is 26.8. The normalized spacial score (nSPS) is 14.9. The maximum Gasteiger partial charge on any atom is 0.458 e. The van der Waals surface area contributed by atoms with Crippen molar-refractivity contribution in [1.82, 2.24) is 19.5 Å². The second kappa shape index (κ2) is 8.57. The van der Waals surface area contributed by atoms with Crippen molar-refractivity contribution in [2.45, 2.75) is 42.7 Å². The molecule has 1 aliphatic carbocycles. The van der Waals surface area contributed by atoms with Gasteiger partial charge in [0.1, 0.15) is 11.2 Å². The highest BCUT2D eigenvalue weighted by atomic mass is 32.2. The standard InChI is InChI=1S/C25H21F5N4O2S/c1-3-37(35,36)20-10-17(16-8-6-15(7-9-16)14-4-5-14)12-31-21(20)23-33-19-11-18(13-32-22(19)34(23)2)24(26,27)25(28,29)30/h6-14H,3-5H2,1-2H3. The number of aryl methyl sites for hydroxylation is 1. The van der Waals surface area contributed by atoms with Crippen molar-refractivity contribution < 1.29 is 30.4 Å². The Balaban J connectivity index is 1.63. The van der Waals surface area contributed by atoms with Crippen molar-refractivity contribution in [3.05, 3.63) is 59.9 Å². The van der Waals surface area contributed by atoms with Gasteiger partial charge in [-0.15, -0.1) is 0 Å². The topological polar surface area (TPSA) is 77.7 Å². The smallest absolute Gasteiger partial charge is 0.310 e. The summed E-state index contributed by atoms with van der Waals surface area (Å²) in [6, 6.07) is 9.87. The molecule has 0 aliphatic heterocycles. The molecule has 0 radical (unpaired) electrons. The van der Waals surface area contributed by atoms with Crippen molar-refractivity contribution in [1.29, 1.82) is 0 Å².